The Hall–Kier alpha value is -2.58. The van der Waals surface area contributed by atoms with Crippen LogP contribution in [0.15, 0.2) is 30.3 Å². The standard InChI is InChI=1S/C12H10F3N3O3/c1-21-11-9(18(19)20)10(12(13,14)15)16-17(11)7-8-5-3-2-4-6-8/h2-6H,7H2,1H3. The van der Waals surface area contributed by atoms with E-state index in [-0.39, 0.29) is 6.54 Å². The molecule has 0 spiro atoms. The zero-order valence-corrected chi connectivity index (χ0v) is 10.8. The number of nitro groups is 1. The molecule has 0 N–H and O–H groups in total. The van der Waals surface area contributed by atoms with E-state index in [2.05, 4.69) is 5.10 Å². The van der Waals surface area contributed by atoms with Crippen LogP contribution in [0.2, 0.25) is 0 Å². The van der Waals surface area contributed by atoms with Gasteiger partial charge in [0.1, 0.15) is 0 Å². The smallest absolute Gasteiger partial charge is 0.442 e. The molecule has 0 saturated carbocycles. The van der Waals surface area contributed by atoms with Crippen molar-refractivity contribution in [2.24, 2.45) is 0 Å². The number of nitrogens with zero attached hydrogens (tertiary/aromatic N) is 3. The molecule has 0 saturated heterocycles. The van der Waals surface area contributed by atoms with E-state index in [1.165, 1.54) is 0 Å². The molecule has 1 aromatic heterocycles. The summed E-state index contributed by atoms with van der Waals surface area (Å²) >= 11 is 0. The van der Waals surface area contributed by atoms with E-state index in [1.807, 2.05) is 0 Å². The Labute approximate surface area is 116 Å². The summed E-state index contributed by atoms with van der Waals surface area (Å²) in [5.41, 5.74) is -2.11. The topological polar surface area (TPSA) is 70.2 Å². The third-order valence-corrected chi connectivity index (χ3v) is 2.70. The summed E-state index contributed by atoms with van der Waals surface area (Å²) in [4.78, 5) is 9.74. The zero-order valence-electron chi connectivity index (χ0n) is 10.8. The summed E-state index contributed by atoms with van der Waals surface area (Å²) in [7, 11) is 1.06. The highest BCUT2D eigenvalue weighted by Crippen LogP contribution is 2.40. The first-order chi connectivity index (χ1) is 9.84. The second-order valence-corrected chi connectivity index (χ2v) is 4.10. The van der Waals surface area contributed by atoms with Crippen molar-refractivity contribution in [3.8, 4) is 5.88 Å². The zero-order chi connectivity index (χ0) is 15.6. The van der Waals surface area contributed by atoms with E-state index in [0.29, 0.717) is 5.56 Å². The lowest BCUT2D eigenvalue weighted by atomic mass is 10.2. The molecule has 0 atom stereocenters. The Balaban J connectivity index is 2.54. The van der Waals surface area contributed by atoms with Crippen LogP contribution in [-0.4, -0.2) is 21.8 Å². The first-order valence-electron chi connectivity index (χ1n) is 5.75. The number of rotatable bonds is 4. The van der Waals surface area contributed by atoms with Gasteiger partial charge < -0.3 is 4.74 Å². The largest absolute Gasteiger partial charge is 0.476 e. The van der Waals surface area contributed by atoms with Crippen molar-refractivity contribution in [2.45, 2.75) is 12.7 Å². The number of halogens is 3. The molecule has 2 rings (SSSR count). The molecule has 2 aromatic rings. The van der Waals surface area contributed by atoms with Crippen LogP contribution in [0.3, 0.4) is 0 Å². The van der Waals surface area contributed by atoms with Gasteiger partial charge in [0.15, 0.2) is 0 Å². The van der Waals surface area contributed by atoms with Gasteiger partial charge in [0, 0.05) is 0 Å². The predicted molar refractivity (Wildman–Crippen MR) is 66.0 cm³/mol. The lowest BCUT2D eigenvalue weighted by Crippen LogP contribution is -2.10. The van der Waals surface area contributed by atoms with Crippen LogP contribution < -0.4 is 4.74 Å². The minimum Gasteiger partial charge on any atom is -0.476 e. The summed E-state index contributed by atoms with van der Waals surface area (Å²) < 4.78 is 44.1. The number of methoxy groups -OCH3 is 1. The Bertz CT molecular complexity index is 653. The number of hydrogen-bond donors (Lipinski definition) is 0. The van der Waals surface area contributed by atoms with E-state index in [1.54, 1.807) is 30.3 Å². The quantitative estimate of drug-likeness (QED) is 0.643. The van der Waals surface area contributed by atoms with Crippen molar-refractivity contribution in [2.75, 3.05) is 7.11 Å². The predicted octanol–water partition coefficient (Wildman–Crippen LogP) is 2.87. The van der Waals surface area contributed by atoms with Gasteiger partial charge in [-0.15, -0.1) is 0 Å². The van der Waals surface area contributed by atoms with E-state index in [9.17, 15) is 23.3 Å². The van der Waals surface area contributed by atoms with Gasteiger partial charge in [-0.3, -0.25) is 10.1 Å². The molecule has 0 aliphatic carbocycles. The summed E-state index contributed by atoms with van der Waals surface area (Å²) in [5.74, 6) is -0.531. The number of ether oxygens (including phenoxy) is 1. The monoisotopic (exact) mass is 301 g/mol. The Kier molecular flexibility index (Phi) is 3.83. The molecule has 6 nitrogen and oxygen atoms in total. The van der Waals surface area contributed by atoms with E-state index < -0.39 is 28.4 Å². The highest BCUT2D eigenvalue weighted by atomic mass is 19.4. The van der Waals surface area contributed by atoms with Gasteiger partial charge in [-0.25, -0.2) is 4.68 Å². The van der Waals surface area contributed by atoms with Gasteiger partial charge in [-0.2, -0.15) is 18.3 Å². The fraction of sp³-hybridized carbons (Fsp3) is 0.250. The maximum Gasteiger partial charge on any atom is 0.442 e. The fourth-order valence-corrected chi connectivity index (χ4v) is 1.86. The van der Waals surface area contributed by atoms with Crippen molar-refractivity contribution in [3.05, 3.63) is 51.7 Å². The molecule has 112 valence electrons. The molecular formula is C12H10F3N3O3. The summed E-state index contributed by atoms with van der Waals surface area (Å²) in [6.45, 7) is -0.0685. The van der Waals surface area contributed by atoms with Crippen LogP contribution in [0.1, 0.15) is 11.3 Å². The van der Waals surface area contributed by atoms with Crippen LogP contribution in [0.5, 0.6) is 5.88 Å². The molecule has 0 aliphatic heterocycles. The molecule has 0 fully saturated rings. The van der Waals surface area contributed by atoms with Crippen LogP contribution >= 0.6 is 0 Å². The molecule has 0 unspecified atom stereocenters. The first-order valence-corrected chi connectivity index (χ1v) is 5.75. The van der Waals surface area contributed by atoms with Gasteiger partial charge in [-0.05, 0) is 5.56 Å². The second kappa shape index (κ2) is 5.43. The summed E-state index contributed by atoms with van der Waals surface area (Å²) in [6, 6.07) is 8.47. The highest BCUT2D eigenvalue weighted by molar-refractivity contribution is 5.48. The van der Waals surface area contributed by atoms with Crippen LogP contribution in [0.4, 0.5) is 18.9 Å². The van der Waals surface area contributed by atoms with Crippen molar-refractivity contribution < 1.29 is 22.8 Å². The third-order valence-electron chi connectivity index (χ3n) is 2.70. The SMILES string of the molecule is COc1c([N+](=O)[O-])c(C(F)(F)F)nn1Cc1ccccc1. The summed E-state index contributed by atoms with van der Waals surface area (Å²) in [6.07, 6.45) is -4.93. The van der Waals surface area contributed by atoms with Gasteiger partial charge in [0.05, 0.1) is 18.6 Å². The molecule has 1 aromatic carbocycles. The minimum absolute atomic E-state index is 0.0685. The molecule has 0 bridgehead atoms. The highest BCUT2D eigenvalue weighted by Gasteiger charge is 2.46. The third kappa shape index (κ3) is 2.96. The van der Waals surface area contributed by atoms with Crippen LogP contribution in [-0.2, 0) is 12.7 Å². The second-order valence-electron chi connectivity index (χ2n) is 4.10. The maximum atomic E-state index is 12.8. The van der Waals surface area contributed by atoms with Crippen LogP contribution in [0, 0.1) is 10.1 Å². The molecule has 0 aliphatic rings. The number of alkyl halides is 3. The molecular weight excluding hydrogens is 291 g/mol. The molecule has 21 heavy (non-hydrogen) atoms. The molecule has 1 heterocycles. The van der Waals surface area contributed by atoms with Crippen molar-refractivity contribution >= 4 is 5.69 Å². The van der Waals surface area contributed by atoms with E-state index in [4.69, 9.17) is 4.74 Å². The van der Waals surface area contributed by atoms with Crippen molar-refractivity contribution in [3.63, 3.8) is 0 Å². The van der Waals surface area contributed by atoms with E-state index in [0.717, 1.165) is 11.8 Å². The molecule has 9 heteroatoms. The summed E-state index contributed by atoms with van der Waals surface area (Å²) in [5, 5.41) is 14.2. The Morgan fingerprint density at radius 2 is 1.95 bits per heavy atom. The number of hydrogen-bond acceptors (Lipinski definition) is 4. The molecule has 0 amide bonds. The lowest BCUT2D eigenvalue weighted by Gasteiger charge is -2.05. The average Bonchev–Trinajstić information content (AvgIpc) is 2.78. The van der Waals surface area contributed by atoms with Gasteiger partial charge in [-0.1, -0.05) is 30.3 Å². The Morgan fingerprint density at radius 1 is 1.33 bits per heavy atom. The van der Waals surface area contributed by atoms with Crippen LogP contribution in [0.25, 0.3) is 0 Å². The Morgan fingerprint density at radius 3 is 2.43 bits per heavy atom. The normalized spacial score (nSPS) is 11.4. The van der Waals surface area contributed by atoms with E-state index >= 15 is 0 Å². The lowest BCUT2D eigenvalue weighted by molar-refractivity contribution is -0.389. The van der Waals surface area contributed by atoms with Gasteiger partial charge in [0.25, 0.3) is 5.88 Å². The number of aromatic nitrogens is 2. The minimum atomic E-state index is -4.93. The number of benzene rings is 1. The van der Waals surface area contributed by atoms with Crippen molar-refractivity contribution in [1.29, 1.82) is 0 Å². The average molecular weight is 301 g/mol. The maximum absolute atomic E-state index is 12.8. The van der Waals surface area contributed by atoms with Crippen molar-refractivity contribution in [1.82, 2.24) is 9.78 Å². The first kappa shape index (κ1) is 14.8. The van der Waals surface area contributed by atoms with Gasteiger partial charge in [0.2, 0.25) is 5.69 Å². The molecule has 0 radical (unpaired) electrons. The fourth-order valence-electron chi connectivity index (χ4n) is 1.86. The van der Waals surface area contributed by atoms with Gasteiger partial charge >= 0.3 is 11.9 Å².